The molecule has 0 spiro atoms. The molecule has 0 heterocycles. The van der Waals surface area contributed by atoms with Crippen molar-refractivity contribution in [2.75, 3.05) is 0 Å². The minimum absolute atomic E-state index is 0.547. The summed E-state index contributed by atoms with van der Waals surface area (Å²) in [6.07, 6.45) is -8.80. The Labute approximate surface area is 120 Å². The van der Waals surface area contributed by atoms with E-state index >= 15 is 0 Å². The lowest BCUT2D eigenvalue weighted by Gasteiger charge is -2.06. The number of halogens is 6. The number of hydrogen-bond donors (Lipinski definition) is 0. The Morgan fingerprint density at radius 3 is 1.05 bits per heavy atom. The summed E-state index contributed by atoms with van der Waals surface area (Å²) < 4.78 is 74.4. The van der Waals surface area contributed by atoms with Crippen molar-refractivity contribution in [2.24, 2.45) is 0 Å². The molecule has 2 rings (SSSR count). The average molecular weight is 323 g/mol. The Bertz CT molecular complexity index is 540. The molecule has 0 aliphatic rings. The molecule has 2 aromatic carbocycles. The zero-order valence-electron chi connectivity index (χ0n) is 10.3. The predicted molar refractivity (Wildman–Crippen MR) is 68.2 cm³/mol. The molecule has 0 atom stereocenters. The molecule has 0 unspecified atom stereocenters. The molecule has 7 heteroatoms. The third-order valence-corrected chi connectivity index (χ3v) is 3.76. The van der Waals surface area contributed by atoms with E-state index in [1.165, 1.54) is 24.3 Å². The molecular formula is C14H9F6S+. The molecule has 0 amide bonds. The molecule has 0 saturated carbocycles. The van der Waals surface area contributed by atoms with Crippen LogP contribution >= 0.6 is 0 Å². The number of rotatable bonds is 2. The highest BCUT2D eigenvalue weighted by molar-refractivity contribution is 7.78. The van der Waals surface area contributed by atoms with Crippen LogP contribution in [-0.4, -0.2) is 0 Å². The number of hydrogen-bond acceptors (Lipinski definition) is 0. The Kier molecular flexibility index (Phi) is 4.22. The average Bonchev–Trinajstić information content (AvgIpc) is 2.38. The van der Waals surface area contributed by atoms with Gasteiger partial charge in [0.15, 0.2) is 9.79 Å². The first-order chi connectivity index (χ1) is 9.66. The van der Waals surface area contributed by atoms with Crippen molar-refractivity contribution in [2.45, 2.75) is 22.1 Å². The van der Waals surface area contributed by atoms with Gasteiger partial charge >= 0.3 is 12.4 Å². The number of benzene rings is 2. The minimum Gasteiger partial charge on any atom is -0.166 e. The Morgan fingerprint density at radius 1 is 0.524 bits per heavy atom. The summed E-state index contributed by atoms with van der Waals surface area (Å²) >= 11 is 0.547. The SMILES string of the molecule is FC(F)(F)c1ccc([SH+]c2ccc(C(F)(F)F)cc2)cc1. The van der Waals surface area contributed by atoms with Gasteiger partial charge in [-0.3, -0.25) is 0 Å². The maximum Gasteiger partial charge on any atom is 0.416 e. The van der Waals surface area contributed by atoms with Gasteiger partial charge in [0, 0.05) is 11.8 Å². The van der Waals surface area contributed by atoms with Crippen molar-refractivity contribution in [3.05, 3.63) is 59.7 Å². The Morgan fingerprint density at radius 2 is 0.810 bits per heavy atom. The third kappa shape index (κ3) is 4.17. The molecular weight excluding hydrogens is 314 g/mol. The first kappa shape index (κ1) is 15.8. The summed E-state index contributed by atoms with van der Waals surface area (Å²) in [6.45, 7) is 0. The van der Waals surface area contributed by atoms with Crippen LogP contribution in [0.2, 0.25) is 0 Å². The number of thiol groups is 1. The van der Waals surface area contributed by atoms with Crippen LogP contribution < -0.4 is 0 Å². The van der Waals surface area contributed by atoms with Crippen LogP contribution in [0.15, 0.2) is 58.3 Å². The van der Waals surface area contributed by atoms with Gasteiger partial charge in [0.05, 0.1) is 11.1 Å². The second-order valence-corrected chi connectivity index (χ2v) is 5.46. The zero-order valence-corrected chi connectivity index (χ0v) is 11.2. The van der Waals surface area contributed by atoms with Gasteiger partial charge in [-0.15, -0.1) is 0 Å². The maximum atomic E-state index is 12.4. The van der Waals surface area contributed by atoms with Crippen molar-refractivity contribution in [1.29, 1.82) is 0 Å². The van der Waals surface area contributed by atoms with E-state index < -0.39 is 23.5 Å². The van der Waals surface area contributed by atoms with Crippen molar-refractivity contribution in [1.82, 2.24) is 0 Å². The Hall–Kier alpha value is -1.63. The standard InChI is InChI=1S/C14H8F6S/c15-13(16,17)9-1-5-11(6-2-9)21-12-7-3-10(4-8-12)14(18,19)20/h1-8H/p+1. The van der Waals surface area contributed by atoms with E-state index in [2.05, 4.69) is 0 Å². The lowest BCUT2D eigenvalue weighted by Crippen LogP contribution is -2.05. The van der Waals surface area contributed by atoms with Gasteiger partial charge in [0.25, 0.3) is 0 Å². The summed E-state index contributed by atoms with van der Waals surface area (Å²) in [5.41, 5.74) is -1.51. The lowest BCUT2D eigenvalue weighted by molar-refractivity contribution is -0.138. The molecule has 0 N–H and O–H groups in total. The Balaban J connectivity index is 2.12. The zero-order chi connectivity index (χ0) is 15.7. The van der Waals surface area contributed by atoms with Crippen LogP contribution in [0.5, 0.6) is 0 Å². The van der Waals surface area contributed by atoms with Crippen LogP contribution in [-0.2, 0) is 24.1 Å². The van der Waals surface area contributed by atoms with Crippen LogP contribution in [0.3, 0.4) is 0 Å². The second kappa shape index (κ2) is 5.63. The van der Waals surface area contributed by atoms with Crippen molar-refractivity contribution in [3.63, 3.8) is 0 Å². The van der Waals surface area contributed by atoms with Gasteiger partial charge in [-0.05, 0) is 48.5 Å². The minimum atomic E-state index is -4.40. The number of alkyl halides is 6. The molecule has 112 valence electrons. The van der Waals surface area contributed by atoms with Crippen LogP contribution in [0.4, 0.5) is 26.3 Å². The summed E-state index contributed by atoms with van der Waals surface area (Å²) in [6, 6.07) is 9.03. The fraction of sp³-hybridized carbons (Fsp3) is 0.143. The fourth-order valence-electron chi connectivity index (χ4n) is 1.60. The molecule has 0 saturated heterocycles. The van der Waals surface area contributed by atoms with Crippen molar-refractivity contribution in [3.8, 4) is 0 Å². The van der Waals surface area contributed by atoms with E-state index in [1.54, 1.807) is 0 Å². The largest absolute Gasteiger partial charge is 0.416 e. The molecule has 0 radical (unpaired) electrons. The van der Waals surface area contributed by atoms with E-state index in [1.807, 2.05) is 0 Å². The predicted octanol–water partition coefficient (Wildman–Crippen LogP) is 4.96. The molecule has 0 aromatic heterocycles. The highest BCUT2D eigenvalue weighted by atomic mass is 32.2. The summed E-state index contributed by atoms with van der Waals surface area (Å²) in [7, 11) is 0. The van der Waals surface area contributed by atoms with E-state index in [4.69, 9.17) is 0 Å². The van der Waals surface area contributed by atoms with Crippen LogP contribution in [0.25, 0.3) is 0 Å². The molecule has 0 fully saturated rings. The van der Waals surface area contributed by atoms with E-state index in [9.17, 15) is 26.3 Å². The molecule has 21 heavy (non-hydrogen) atoms. The van der Waals surface area contributed by atoms with Crippen LogP contribution in [0.1, 0.15) is 11.1 Å². The van der Waals surface area contributed by atoms with Crippen molar-refractivity contribution < 1.29 is 26.3 Å². The molecule has 0 bridgehead atoms. The van der Waals surface area contributed by atoms with Gasteiger partial charge in [-0.2, -0.15) is 26.3 Å². The van der Waals surface area contributed by atoms with Gasteiger partial charge in [0.1, 0.15) is 0 Å². The van der Waals surface area contributed by atoms with Gasteiger partial charge in [-0.1, -0.05) is 0 Å². The highest BCUT2D eigenvalue weighted by Gasteiger charge is 2.31. The summed E-state index contributed by atoms with van der Waals surface area (Å²) in [5, 5.41) is 0. The van der Waals surface area contributed by atoms with Gasteiger partial charge in [0.2, 0.25) is 0 Å². The smallest absolute Gasteiger partial charge is 0.166 e. The normalized spacial score (nSPS) is 12.5. The molecule has 0 aliphatic heterocycles. The maximum absolute atomic E-state index is 12.4. The monoisotopic (exact) mass is 323 g/mol. The first-order valence-electron chi connectivity index (χ1n) is 5.72. The fourth-order valence-corrected chi connectivity index (χ4v) is 2.49. The van der Waals surface area contributed by atoms with Gasteiger partial charge in [-0.25, -0.2) is 0 Å². The summed E-state index contributed by atoms with van der Waals surface area (Å²) in [4.78, 5) is 1.14. The molecule has 2 aromatic rings. The third-order valence-electron chi connectivity index (χ3n) is 2.65. The van der Waals surface area contributed by atoms with E-state index in [0.717, 1.165) is 24.3 Å². The van der Waals surface area contributed by atoms with Crippen molar-refractivity contribution >= 4 is 11.8 Å². The second-order valence-electron chi connectivity index (χ2n) is 4.20. The topological polar surface area (TPSA) is 0 Å². The molecule has 0 nitrogen and oxygen atoms in total. The lowest BCUT2D eigenvalue weighted by atomic mass is 10.2. The van der Waals surface area contributed by atoms with E-state index in [-0.39, 0.29) is 0 Å². The first-order valence-corrected chi connectivity index (χ1v) is 6.62. The van der Waals surface area contributed by atoms with Crippen LogP contribution in [0, 0.1) is 0 Å². The quantitative estimate of drug-likeness (QED) is 0.416. The summed E-state index contributed by atoms with van der Waals surface area (Å²) in [5.74, 6) is 0. The highest BCUT2D eigenvalue weighted by Crippen LogP contribution is 2.31. The van der Waals surface area contributed by atoms with E-state index in [0.29, 0.717) is 21.6 Å². The van der Waals surface area contributed by atoms with Gasteiger partial charge < -0.3 is 0 Å². The molecule has 0 aliphatic carbocycles.